The molecule has 0 radical (unpaired) electrons. The van der Waals surface area contributed by atoms with E-state index in [1.54, 1.807) is 42.2 Å². The smallest absolute Gasteiger partial charge is 0.444 e. The monoisotopic (exact) mass is 1180 g/mol. The Morgan fingerprint density at radius 3 is 2.21 bits per heavy atom. The molecule has 32 nitrogen and oxygen atoms in total. The maximum atomic E-state index is 13.6. The molecule has 10 N–H and O–H groups in total. The lowest BCUT2D eigenvalue weighted by Crippen LogP contribution is -2.45. The first-order valence-electron chi connectivity index (χ1n) is 25.7. The Balaban J connectivity index is 0.772. The maximum absolute atomic E-state index is 13.6. The van der Waals surface area contributed by atoms with E-state index < -0.39 is 107 Å². The van der Waals surface area contributed by atoms with Crippen molar-refractivity contribution in [1.29, 1.82) is 0 Å². The number of phosphoric acid groups is 2. The van der Waals surface area contributed by atoms with Crippen molar-refractivity contribution in [2.45, 2.75) is 115 Å². The fourth-order valence-corrected chi connectivity index (χ4v) is 11.4. The Labute approximate surface area is 464 Å². The molecule has 12 atom stereocenters. The average Bonchev–Trinajstić information content (AvgIpc) is 3.04. The first-order chi connectivity index (χ1) is 39.0. The molecule has 82 heavy (non-hydrogen) atoms. The fourth-order valence-electron chi connectivity index (χ4n) is 9.46. The molecule has 9 rings (SSSR count). The van der Waals surface area contributed by atoms with Gasteiger partial charge in [-0.05, 0) is 42.5 Å². The molecule has 1 aromatic carbocycles. The largest absolute Gasteiger partial charge is 0.472 e. The van der Waals surface area contributed by atoms with Gasteiger partial charge in [-0.25, -0.2) is 33.9 Å². The number of ketones is 1. The van der Waals surface area contributed by atoms with E-state index in [9.17, 15) is 57.9 Å². The summed E-state index contributed by atoms with van der Waals surface area (Å²) in [5.74, 6) is -2.57. The van der Waals surface area contributed by atoms with Crippen LogP contribution in [-0.2, 0) is 67.2 Å². The van der Waals surface area contributed by atoms with Crippen molar-refractivity contribution in [2.24, 2.45) is 11.8 Å². The van der Waals surface area contributed by atoms with Gasteiger partial charge in [0.1, 0.15) is 49.6 Å². The summed E-state index contributed by atoms with van der Waals surface area (Å²) in [6.45, 7) is 7.47. The van der Waals surface area contributed by atoms with Crippen LogP contribution in [0.1, 0.15) is 70.9 Å². The summed E-state index contributed by atoms with van der Waals surface area (Å²) in [6, 6.07) is 5.55. The van der Waals surface area contributed by atoms with E-state index in [0.29, 0.717) is 42.8 Å². The minimum absolute atomic E-state index is 0.0608. The van der Waals surface area contributed by atoms with Crippen LogP contribution < -0.4 is 27.2 Å². The Hall–Kier alpha value is -7.19. The van der Waals surface area contributed by atoms with E-state index in [-0.39, 0.29) is 77.1 Å². The topological polar surface area (TPSA) is 438 Å². The van der Waals surface area contributed by atoms with Crippen molar-refractivity contribution < 1.29 is 85.4 Å². The molecule has 8 heterocycles. The molecule has 3 saturated heterocycles. The quantitative estimate of drug-likeness (QED) is 0.0447. The first-order valence-corrected chi connectivity index (χ1v) is 28.7. The SMILES string of the molecule is C=C1C=CC(=O)N1CCCCCC(=O)N[C@H](C(=O)C[C@@H](C)C(=O)Nc1ccc(COC(=O)Nc2ncnc3c2ncn3[C@@H]2O[C@@H]3COP(=O)(O)O[C@@H]4C(O)[C@H](n5cnc6c(=O)[nH]c(N)nc65)O[C@@H]4COP(=O)(O)O[C@H]2C3O)cc1)C(C)C. The van der Waals surface area contributed by atoms with Crippen LogP contribution in [0, 0.1) is 11.8 Å². The van der Waals surface area contributed by atoms with Crippen LogP contribution in [0.4, 0.5) is 22.2 Å². The third-order valence-electron chi connectivity index (χ3n) is 13.7. The molecule has 4 aliphatic rings. The lowest BCUT2D eigenvalue weighted by atomic mass is 9.92. The van der Waals surface area contributed by atoms with Crippen LogP contribution in [0.15, 0.2) is 72.5 Å². The fraction of sp³-hybridized carbons (Fsp3) is 0.479. The third-order valence-corrected chi connectivity index (χ3v) is 15.7. The number of aliphatic hydroxyl groups is 2. The van der Waals surface area contributed by atoms with Gasteiger partial charge >= 0.3 is 21.7 Å². The van der Waals surface area contributed by atoms with Gasteiger partial charge in [-0.15, -0.1) is 0 Å². The minimum atomic E-state index is -5.28. The van der Waals surface area contributed by atoms with Gasteiger partial charge in [0.25, 0.3) is 11.5 Å². The van der Waals surface area contributed by atoms with E-state index in [2.05, 4.69) is 52.4 Å². The van der Waals surface area contributed by atoms with Gasteiger partial charge in [-0.3, -0.25) is 61.5 Å². The van der Waals surface area contributed by atoms with Crippen LogP contribution in [0.5, 0.6) is 0 Å². The number of hydrogen-bond donors (Lipinski definition) is 9. The number of amides is 4. The van der Waals surface area contributed by atoms with E-state index in [4.69, 9.17) is 38.0 Å². The predicted molar refractivity (Wildman–Crippen MR) is 282 cm³/mol. The summed E-state index contributed by atoms with van der Waals surface area (Å²) in [5.41, 5.74) is 6.04. The molecule has 34 heteroatoms. The van der Waals surface area contributed by atoms with Gasteiger partial charge in [0, 0.05) is 42.8 Å². The summed E-state index contributed by atoms with van der Waals surface area (Å²) >= 11 is 0. The zero-order valence-electron chi connectivity index (χ0n) is 44.1. The van der Waals surface area contributed by atoms with Crippen molar-refractivity contribution in [3.8, 4) is 0 Å². The second-order valence-electron chi connectivity index (χ2n) is 20.0. The molecular weight excluding hydrogens is 1120 g/mol. The van der Waals surface area contributed by atoms with Gasteiger partial charge in [-0.2, -0.15) is 4.98 Å². The highest BCUT2D eigenvalue weighted by molar-refractivity contribution is 7.47. The normalized spacial score (nSPS) is 27.4. The van der Waals surface area contributed by atoms with Crippen molar-refractivity contribution in [1.82, 2.24) is 49.3 Å². The highest BCUT2D eigenvalue weighted by atomic mass is 31.2. The number of aromatic amines is 1. The molecule has 5 aromatic rings. The number of unbranched alkanes of at least 4 members (excludes halogenated alkanes) is 2. The van der Waals surface area contributed by atoms with E-state index >= 15 is 0 Å². The van der Waals surface area contributed by atoms with E-state index in [1.165, 1.54) is 6.08 Å². The predicted octanol–water partition coefficient (Wildman–Crippen LogP) is 1.97. The lowest BCUT2D eigenvalue weighted by Gasteiger charge is -2.25. The maximum Gasteiger partial charge on any atom is 0.472 e. The number of H-pyrrole nitrogens is 1. The third kappa shape index (κ3) is 13.5. The van der Waals surface area contributed by atoms with Gasteiger partial charge in [0.2, 0.25) is 17.8 Å². The van der Waals surface area contributed by atoms with Gasteiger partial charge in [-0.1, -0.05) is 45.9 Å². The van der Waals surface area contributed by atoms with E-state index in [0.717, 1.165) is 28.1 Å². The number of fused-ring (bicyclic) bond motifs is 5. The Bertz CT molecular complexity index is 3430. The lowest BCUT2D eigenvalue weighted by molar-refractivity contribution is -0.130. The second kappa shape index (κ2) is 24.7. The zero-order valence-corrected chi connectivity index (χ0v) is 45.9. The molecule has 0 aliphatic carbocycles. The molecule has 440 valence electrons. The Kier molecular flexibility index (Phi) is 17.9. The molecule has 0 spiro atoms. The second-order valence-corrected chi connectivity index (χ2v) is 22.8. The number of anilines is 3. The number of rotatable bonds is 18. The number of nitrogens with zero attached hydrogens (tertiary/aromatic N) is 8. The number of Topliss-reactive ketones (excluding diaryl/α,β-unsaturated/α-hetero) is 1. The van der Waals surface area contributed by atoms with Crippen LogP contribution in [-0.4, -0.2) is 156 Å². The number of ether oxygens (including phenoxy) is 3. The summed E-state index contributed by atoms with van der Waals surface area (Å²) in [6.07, 6.45) is -6.24. The van der Waals surface area contributed by atoms with E-state index in [1.807, 2.05) is 13.8 Å². The summed E-state index contributed by atoms with van der Waals surface area (Å²) < 4.78 is 67.8. The summed E-state index contributed by atoms with van der Waals surface area (Å²) in [4.78, 5) is 123. The highest BCUT2D eigenvalue weighted by Crippen LogP contribution is 2.54. The van der Waals surface area contributed by atoms with Crippen molar-refractivity contribution in [2.75, 3.05) is 36.1 Å². The molecule has 4 amide bonds. The molecular formula is C48H59N13O19P2. The molecule has 2 bridgehead atoms. The van der Waals surface area contributed by atoms with Crippen molar-refractivity contribution in [3.63, 3.8) is 0 Å². The number of imidazole rings is 2. The Morgan fingerprint density at radius 1 is 0.841 bits per heavy atom. The summed E-state index contributed by atoms with van der Waals surface area (Å²) in [7, 11) is -10.5. The minimum Gasteiger partial charge on any atom is -0.444 e. The van der Waals surface area contributed by atoms with Crippen molar-refractivity contribution in [3.05, 3.63) is 83.6 Å². The number of allylic oxidation sites excluding steroid dienone is 1. The zero-order chi connectivity index (χ0) is 58.8. The standard InChI is InChI=1S/C48H59N13O19P2/c1-23(2)33(55-31(63)8-6-5-7-15-59-25(4)9-14-32(59)64)28(62)16-24(3)43(67)54-27-12-10-26(11-13-27)17-74-48(69)56-40-34-41(51-20-50-40)60(21-52-34)46-39-36(65)29(77-46)18-75-81(70,71)79-38-30(19-76-82(72,73)80-39)78-45(37(38)66)61-22-53-35-42(61)57-47(49)58-44(35)68/h9-14,20-24,29-30,33,36-39,45-46,65-66H,4-8,15-19H2,1-3H3,(H,54,67)(H,55,63)(H,70,71)(H,72,73)(H3,49,57,58,68)(H,50,51,56,69)/t24-,29-,30-,33+,36?,37?,38+,39+,45-,46-/m1/s1. The van der Waals surface area contributed by atoms with Crippen LogP contribution in [0.2, 0.25) is 0 Å². The van der Waals surface area contributed by atoms with Gasteiger partial charge < -0.3 is 55.5 Å². The number of nitrogens with one attached hydrogen (secondary N) is 4. The van der Waals surface area contributed by atoms with Crippen LogP contribution in [0.25, 0.3) is 22.3 Å². The number of aliphatic hydroxyl groups excluding tert-OH is 2. The number of benzene rings is 1. The van der Waals surface area contributed by atoms with Crippen LogP contribution in [0.3, 0.4) is 0 Å². The molecule has 4 unspecified atom stereocenters. The molecule has 3 fully saturated rings. The molecule has 0 saturated carbocycles. The van der Waals surface area contributed by atoms with Crippen LogP contribution >= 0.6 is 15.6 Å². The number of carbonyl (C=O) groups excluding carboxylic acids is 5. The van der Waals surface area contributed by atoms with Gasteiger partial charge in [0.15, 0.2) is 46.4 Å². The molecule has 4 aromatic heterocycles. The highest BCUT2D eigenvalue weighted by Gasteiger charge is 2.54. The number of phosphoric ester groups is 2. The average molecular weight is 1180 g/mol. The summed E-state index contributed by atoms with van der Waals surface area (Å²) in [5, 5.41) is 30.8. The number of nitrogen functional groups attached to an aromatic ring is 1. The van der Waals surface area contributed by atoms with Gasteiger partial charge in [0.05, 0.1) is 31.9 Å². The van der Waals surface area contributed by atoms with Crippen molar-refractivity contribution >= 4 is 85.0 Å². The Morgan fingerprint density at radius 2 is 1.51 bits per heavy atom. The number of carbonyl (C=O) groups is 5. The number of nitrogens with two attached hydrogens (primary N) is 1. The number of hydrogen-bond acceptors (Lipinski definition) is 23. The molecule has 4 aliphatic heterocycles. The first kappa shape index (κ1) is 59.4. The number of aromatic nitrogens is 8.